The van der Waals surface area contributed by atoms with Gasteiger partial charge in [-0.05, 0) is 12.5 Å². The van der Waals surface area contributed by atoms with Gasteiger partial charge in [0, 0.05) is 12.3 Å². The van der Waals surface area contributed by atoms with Gasteiger partial charge in [0.15, 0.2) is 0 Å². The summed E-state index contributed by atoms with van der Waals surface area (Å²) in [6.45, 7) is 1.77. The molecule has 1 unspecified atom stereocenters. The molecule has 1 atom stereocenters. The van der Waals surface area contributed by atoms with Crippen LogP contribution >= 0.6 is 0 Å². The minimum Gasteiger partial charge on any atom is -0.411 e. The summed E-state index contributed by atoms with van der Waals surface area (Å²) in [7, 11) is 0. The van der Waals surface area contributed by atoms with Crippen LogP contribution in [0.25, 0.3) is 0 Å². The van der Waals surface area contributed by atoms with Crippen molar-refractivity contribution in [3.05, 3.63) is 35.9 Å². The second-order valence-corrected chi connectivity index (χ2v) is 3.11. The number of oxime groups is 1. The van der Waals surface area contributed by atoms with Crippen molar-refractivity contribution in [1.29, 1.82) is 0 Å². The Bertz CT molecular complexity index is 348. The lowest BCUT2D eigenvalue weighted by molar-refractivity contribution is 0.316. The normalized spacial score (nSPS) is 13.3. The number of nitrogens with zero attached hydrogens (tertiary/aromatic N) is 1. The smallest absolute Gasteiger partial charge is 0.0624 e. The summed E-state index contributed by atoms with van der Waals surface area (Å²) in [5.41, 5.74) is 1.73. The fraction of sp³-hybridized carbons (Fsp3) is 0.250. The van der Waals surface area contributed by atoms with Crippen LogP contribution < -0.4 is 0 Å². The van der Waals surface area contributed by atoms with Gasteiger partial charge in [-0.1, -0.05) is 35.5 Å². The fourth-order valence-corrected chi connectivity index (χ4v) is 1.38. The van der Waals surface area contributed by atoms with E-state index in [1.165, 1.54) is 0 Å². The van der Waals surface area contributed by atoms with Crippen molar-refractivity contribution in [2.75, 3.05) is 0 Å². The molecule has 1 N–H and O–H groups in total. The van der Waals surface area contributed by atoms with Crippen LogP contribution in [0.4, 0.5) is 0 Å². The third-order valence-corrected chi connectivity index (χ3v) is 2.19. The summed E-state index contributed by atoms with van der Waals surface area (Å²) in [5.74, 6) is 2.61. The van der Waals surface area contributed by atoms with Gasteiger partial charge in [-0.15, -0.1) is 12.3 Å². The maximum atomic E-state index is 8.71. The van der Waals surface area contributed by atoms with Gasteiger partial charge in [0.2, 0.25) is 0 Å². The first kappa shape index (κ1) is 10.3. The Hall–Kier alpha value is -1.75. The molecule has 72 valence electrons. The molecule has 0 saturated heterocycles. The Morgan fingerprint density at radius 2 is 2.14 bits per heavy atom. The first-order chi connectivity index (χ1) is 6.79. The topological polar surface area (TPSA) is 32.6 Å². The van der Waals surface area contributed by atoms with Gasteiger partial charge in [0.05, 0.1) is 5.71 Å². The number of hydrogen-bond acceptors (Lipinski definition) is 2. The second-order valence-electron chi connectivity index (χ2n) is 3.11. The number of benzene rings is 1. The molecular weight excluding hydrogens is 174 g/mol. The van der Waals surface area contributed by atoms with Gasteiger partial charge >= 0.3 is 0 Å². The molecule has 14 heavy (non-hydrogen) atoms. The molecule has 0 spiro atoms. The molecule has 1 aromatic carbocycles. The zero-order chi connectivity index (χ0) is 10.4. The van der Waals surface area contributed by atoms with Crippen molar-refractivity contribution < 1.29 is 5.21 Å². The molecule has 2 heteroatoms. The Morgan fingerprint density at radius 3 is 2.64 bits per heavy atom. The summed E-state index contributed by atoms with van der Waals surface area (Å²) in [6, 6.07) is 9.81. The van der Waals surface area contributed by atoms with E-state index in [0.717, 1.165) is 5.56 Å². The van der Waals surface area contributed by atoms with Gasteiger partial charge in [0.25, 0.3) is 0 Å². The Morgan fingerprint density at radius 1 is 1.50 bits per heavy atom. The standard InChI is InChI=1S/C12H13NO/c1-3-7-12(10(2)13-14)11-8-5-4-6-9-11/h1,4-6,8-9,12,14H,7H2,2H3/b13-10+. The first-order valence-electron chi connectivity index (χ1n) is 4.46. The molecule has 2 nitrogen and oxygen atoms in total. The van der Waals surface area contributed by atoms with Gasteiger partial charge in [-0.2, -0.15) is 0 Å². The molecule has 0 bridgehead atoms. The molecule has 0 aliphatic rings. The zero-order valence-electron chi connectivity index (χ0n) is 8.14. The maximum absolute atomic E-state index is 8.71. The van der Waals surface area contributed by atoms with Crippen LogP contribution in [0, 0.1) is 12.3 Å². The zero-order valence-corrected chi connectivity index (χ0v) is 8.14. The highest BCUT2D eigenvalue weighted by Gasteiger charge is 2.13. The highest BCUT2D eigenvalue weighted by atomic mass is 16.4. The van der Waals surface area contributed by atoms with Crippen LogP contribution in [0.5, 0.6) is 0 Å². The number of hydrogen-bond donors (Lipinski definition) is 1. The minimum atomic E-state index is 0.0196. The predicted octanol–water partition coefficient (Wildman–Crippen LogP) is 2.64. The van der Waals surface area contributed by atoms with Crippen molar-refractivity contribution in [3.63, 3.8) is 0 Å². The van der Waals surface area contributed by atoms with E-state index in [1.54, 1.807) is 6.92 Å². The van der Waals surface area contributed by atoms with E-state index in [4.69, 9.17) is 11.6 Å². The molecular formula is C12H13NO. The van der Waals surface area contributed by atoms with Crippen LogP contribution in [0.15, 0.2) is 35.5 Å². The third kappa shape index (κ3) is 2.37. The van der Waals surface area contributed by atoms with E-state index in [1.807, 2.05) is 30.3 Å². The average Bonchev–Trinajstić information content (AvgIpc) is 2.26. The van der Waals surface area contributed by atoms with E-state index in [9.17, 15) is 0 Å². The van der Waals surface area contributed by atoms with Crippen molar-refractivity contribution >= 4 is 5.71 Å². The number of terminal acetylenes is 1. The summed E-state index contributed by atoms with van der Waals surface area (Å²) in [4.78, 5) is 0. The molecule has 0 heterocycles. The van der Waals surface area contributed by atoms with Crippen LogP contribution in [-0.4, -0.2) is 10.9 Å². The van der Waals surface area contributed by atoms with Crippen molar-refractivity contribution in [3.8, 4) is 12.3 Å². The van der Waals surface area contributed by atoms with E-state index >= 15 is 0 Å². The summed E-state index contributed by atoms with van der Waals surface area (Å²) in [5, 5.41) is 11.9. The van der Waals surface area contributed by atoms with E-state index in [2.05, 4.69) is 11.1 Å². The molecule has 0 saturated carbocycles. The molecule has 1 aromatic rings. The summed E-state index contributed by atoms with van der Waals surface area (Å²) < 4.78 is 0. The average molecular weight is 187 g/mol. The molecule has 0 aliphatic carbocycles. The van der Waals surface area contributed by atoms with Gasteiger partial charge < -0.3 is 5.21 Å². The number of rotatable bonds is 3. The minimum absolute atomic E-state index is 0.0196. The largest absolute Gasteiger partial charge is 0.411 e. The van der Waals surface area contributed by atoms with Crippen LogP contribution in [0.1, 0.15) is 24.8 Å². The Kier molecular flexibility index (Phi) is 3.75. The molecule has 0 aromatic heterocycles. The van der Waals surface area contributed by atoms with Gasteiger partial charge in [-0.25, -0.2) is 0 Å². The van der Waals surface area contributed by atoms with Crippen LogP contribution in [-0.2, 0) is 0 Å². The van der Waals surface area contributed by atoms with E-state index in [0.29, 0.717) is 12.1 Å². The maximum Gasteiger partial charge on any atom is 0.0624 e. The van der Waals surface area contributed by atoms with Crippen molar-refractivity contribution in [1.82, 2.24) is 0 Å². The van der Waals surface area contributed by atoms with Crippen LogP contribution in [0.2, 0.25) is 0 Å². The summed E-state index contributed by atoms with van der Waals surface area (Å²) in [6.07, 6.45) is 5.83. The monoisotopic (exact) mass is 187 g/mol. The lowest BCUT2D eigenvalue weighted by Crippen LogP contribution is -2.08. The lowest BCUT2D eigenvalue weighted by Gasteiger charge is -2.12. The summed E-state index contributed by atoms with van der Waals surface area (Å²) >= 11 is 0. The van der Waals surface area contributed by atoms with Crippen molar-refractivity contribution in [2.24, 2.45) is 5.16 Å². The van der Waals surface area contributed by atoms with Gasteiger partial charge in [-0.3, -0.25) is 0 Å². The highest BCUT2D eigenvalue weighted by molar-refractivity contribution is 5.88. The van der Waals surface area contributed by atoms with E-state index in [-0.39, 0.29) is 5.92 Å². The van der Waals surface area contributed by atoms with Crippen LogP contribution in [0.3, 0.4) is 0 Å². The second kappa shape index (κ2) is 5.08. The van der Waals surface area contributed by atoms with E-state index < -0.39 is 0 Å². The third-order valence-electron chi connectivity index (χ3n) is 2.19. The highest BCUT2D eigenvalue weighted by Crippen LogP contribution is 2.20. The Labute approximate surface area is 84.3 Å². The lowest BCUT2D eigenvalue weighted by atomic mass is 9.92. The molecule has 0 fully saturated rings. The Balaban J connectivity index is 2.96. The molecule has 0 radical (unpaired) electrons. The SMILES string of the molecule is C#CCC(/C(C)=N/O)c1ccccc1. The van der Waals surface area contributed by atoms with Gasteiger partial charge in [0.1, 0.15) is 0 Å². The predicted molar refractivity (Wildman–Crippen MR) is 57.5 cm³/mol. The van der Waals surface area contributed by atoms with Crippen molar-refractivity contribution in [2.45, 2.75) is 19.3 Å². The quantitative estimate of drug-likeness (QED) is 0.335. The molecule has 0 amide bonds. The molecule has 1 rings (SSSR count). The molecule has 0 aliphatic heterocycles. The first-order valence-corrected chi connectivity index (χ1v) is 4.46. The fourth-order valence-electron chi connectivity index (χ4n) is 1.38.